The molecular weight excluding hydrogens is 376 g/mol. The van der Waals surface area contributed by atoms with Crippen molar-refractivity contribution in [2.45, 2.75) is 44.3 Å². The van der Waals surface area contributed by atoms with Gasteiger partial charge in [-0.15, -0.1) is 11.3 Å². The first-order valence-electron chi connectivity index (χ1n) is 9.06. The number of nitrogens with two attached hydrogens (primary N) is 1. The molecule has 4 rings (SSSR count). The lowest BCUT2D eigenvalue weighted by Crippen LogP contribution is -2.32. The van der Waals surface area contributed by atoms with Crippen molar-refractivity contribution in [2.75, 3.05) is 11.5 Å². The Morgan fingerprint density at radius 1 is 1.33 bits per heavy atom. The zero-order valence-electron chi connectivity index (χ0n) is 15.4. The Morgan fingerprint density at radius 2 is 2.15 bits per heavy atom. The van der Waals surface area contributed by atoms with E-state index in [1.165, 1.54) is 27.8 Å². The third-order valence-electron chi connectivity index (χ3n) is 5.07. The lowest BCUT2D eigenvalue weighted by molar-refractivity contribution is -0.119. The summed E-state index contributed by atoms with van der Waals surface area (Å²) < 4.78 is 0. The van der Waals surface area contributed by atoms with Crippen LogP contribution in [0, 0.1) is 13.8 Å². The first kappa shape index (κ1) is 18.3. The van der Waals surface area contributed by atoms with Gasteiger partial charge in [0.1, 0.15) is 10.6 Å². The molecule has 3 aromatic rings. The first-order chi connectivity index (χ1) is 13.0. The van der Waals surface area contributed by atoms with E-state index < -0.39 is 0 Å². The number of aromatic nitrogens is 2. The standard InChI is InChI=1S/C20H22N4OS2/c1-11-12(2)27-19-17(11)18(21)23-20(24-19)26-10-16(25)22-15-9-5-7-13-6-3-4-8-14(13)15/h3-4,6,8,15H,5,7,9-10H2,1-2H3,(H,22,25)(H2,21,23,24). The Labute approximate surface area is 166 Å². The van der Waals surface area contributed by atoms with E-state index in [0.29, 0.717) is 11.0 Å². The maximum Gasteiger partial charge on any atom is 0.230 e. The van der Waals surface area contributed by atoms with Crippen LogP contribution in [0.2, 0.25) is 0 Å². The third kappa shape index (κ3) is 3.66. The number of benzene rings is 1. The van der Waals surface area contributed by atoms with Crippen molar-refractivity contribution in [3.05, 3.63) is 45.8 Å². The molecular formula is C20H22N4OS2. The fourth-order valence-corrected chi connectivity index (χ4v) is 5.35. The molecule has 1 atom stereocenters. The number of carbonyl (C=O) groups is 1. The summed E-state index contributed by atoms with van der Waals surface area (Å²) in [6, 6.07) is 8.46. The Balaban J connectivity index is 1.44. The number of thiophene rings is 1. The average Bonchev–Trinajstić information content (AvgIpc) is 2.95. The van der Waals surface area contributed by atoms with E-state index in [9.17, 15) is 4.79 Å². The van der Waals surface area contributed by atoms with Crippen LogP contribution in [0.5, 0.6) is 0 Å². The van der Waals surface area contributed by atoms with Crippen LogP contribution in [0.3, 0.4) is 0 Å². The SMILES string of the molecule is Cc1sc2nc(SCC(=O)NC3CCCc4ccccc43)nc(N)c2c1C. The first-order valence-corrected chi connectivity index (χ1v) is 10.9. The summed E-state index contributed by atoms with van der Waals surface area (Å²) in [7, 11) is 0. The lowest BCUT2D eigenvalue weighted by atomic mass is 9.88. The van der Waals surface area contributed by atoms with Gasteiger partial charge in [-0.1, -0.05) is 36.0 Å². The van der Waals surface area contributed by atoms with E-state index in [1.807, 2.05) is 13.0 Å². The Hall–Kier alpha value is -2.12. The molecule has 2 aromatic heterocycles. The molecule has 1 aliphatic rings. The summed E-state index contributed by atoms with van der Waals surface area (Å²) in [5.41, 5.74) is 9.84. The van der Waals surface area contributed by atoms with Gasteiger partial charge in [0.2, 0.25) is 5.91 Å². The summed E-state index contributed by atoms with van der Waals surface area (Å²) in [5, 5.41) is 4.66. The van der Waals surface area contributed by atoms with Crippen molar-refractivity contribution >= 4 is 45.0 Å². The van der Waals surface area contributed by atoms with Crippen molar-refractivity contribution in [1.29, 1.82) is 0 Å². The van der Waals surface area contributed by atoms with Crippen LogP contribution in [-0.4, -0.2) is 21.6 Å². The fraction of sp³-hybridized carbons (Fsp3) is 0.350. The molecule has 0 aliphatic heterocycles. The number of hydrogen-bond acceptors (Lipinski definition) is 6. The predicted octanol–water partition coefficient (Wildman–Crippen LogP) is 4.18. The van der Waals surface area contributed by atoms with Crippen LogP contribution in [0.15, 0.2) is 29.4 Å². The van der Waals surface area contributed by atoms with Gasteiger partial charge in [-0.25, -0.2) is 9.97 Å². The highest BCUT2D eigenvalue weighted by Gasteiger charge is 2.21. The number of amides is 1. The third-order valence-corrected chi connectivity index (χ3v) is 7.02. The molecule has 0 saturated carbocycles. The van der Waals surface area contributed by atoms with E-state index in [2.05, 4.69) is 40.4 Å². The van der Waals surface area contributed by atoms with Gasteiger partial charge in [-0.3, -0.25) is 4.79 Å². The topological polar surface area (TPSA) is 80.9 Å². The Bertz CT molecular complexity index is 1010. The minimum Gasteiger partial charge on any atom is -0.383 e. The molecule has 140 valence electrons. The number of hydrogen-bond donors (Lipinski definition) is 2. The van der Waals surface area contributed by atoms with Gasteiger partial charge in [-0.05, 0) is 49.8 Å². The van der Waals surface area contributed by atoms with E-state index >= 15 is 0 Å². The predicted molar refractivity (Wildman–Crippen MR) is 112 cm³/mol. The minimum absolute atomic E-state index is 0.00233. The second-order valence-electron chi connectivity index (χ2n) is 6.85. The molecule has 5 nitrogen and oxygen atoms in total. The Morgan fingerprint density at radius 3 is 3.00 bits per heavy atom. The number of anilines is 1. The number of nitrogens with zero attached hydrogens (tertiary/aromatic N) is 2. The molecule has 0 saturated heterocycles. The highest BCUT2D eigenvalue weighted by Crippen LogP contribution is 2.33. The molecule has 0 spiro atoms. The number of rotatable bonds is 4. The number of nitrogen functional groups attached to an aromatic ring is 1. The number of carbonyl (C=O) groups excluding carboxylic acids is 1. The Kier molecular flexibility index (Phi) is 5.06. The summed E-state index contributed by atoms with van der Waals surface area (Å²) in [4.78, 5) is 23.5. The normalized spacial score (nSPS) is 16.3. The van der Waals surface area contributed by atoms with E-state index in [0.717, 1.165) is 35.0 Å². The minimum atomic E-state index is 0.00233. The van der Waals surface area contributed by atoms with E-state index in [4.69, 9.17) is 5.73 Å². The van der Waals surface area contributed by atoms with Crippen molar-refractivity contribution in [2.24, 2.45) is 0 Å². The molecule has 7 heteroatoms. The second kappa shape index (κ2) is 7.48. The summed E-state index contributed by atoms with van der Waals surface area (Å²) in [5.74, 6) is 0.779. The van der Waals surface area contributed by atoms with Crippen LogP contribution >= 0.6 is 23.1 Å². The number of thioether (sulfide) groups is 1. The van der Waals surface area contributed by atoms with Gasteiger partial charge < -0.3 is 11.1 Å². The zero-order valence-corrected chi connectivity index (χ0v) is 17.0. The molecule has 0 radical (unpaired) electrons. The summed E-state index contributed by atoms with van der Waals surface area (Å²) >= 11 is 2.95. The molecule has 1 aliphatic carbocycles. The van der Waals surface area contributed by atoms with Crippen LogP contribution in [0.1, 0.15) is 40.5 Å². The molecule has 27 heavy (non-hydrogen) atoms. The largest absolute Gasteiger partial charge is 0.383 e. The van der Waals surface area contributed by atoms with E-state index in [1.54, 1.807) is 11.3 Å². The average molecular weight is 399 g/mol. The van der Waals surface area contributed by atoms with Crippen LogP contribution in [0.4, 0.5) is 5.82 Å². The lowest BCUT2D eigenvalue weighted by Gasteiger charge is -2.26. The number of fused-ring (bicyclic) bond motifs is 2. The second-order valence-corrected chi connectivity index (χ2v) is 9.00. The zero-order chi connectivity index (χ0) is 19.0. The molecule has 1 amide bonds. The van der Waals surface area contributed by atoms with Gasteiger partial charge in [0.05, 0.1) is 17.2 Å². The van der Waals surface area contributed by atoms with Crippen LogP contribution in [0.25, 0.3) is 10.2 Å². The summed E-state index contributed by atoms with van der Waals surface area (Å²) in [6.45, 7) is 4.10. The van der Waals surface area contributed by atoms with Crippen LogP contribution in [-0.2, 0) is 11.2 Å². The van der Waals surface area contributed by atoms with Gasteiger partial charge >= 0.3 is 0 Å². The molecule has 3 N–H and O–H groups in total. The smallest absolute Gasteiger partial charge is 0.230 e. The fourth-order valence-electron chi connectivity index (χ4n) is 3.59. The maximum absolute atomic E-state index is 12.5. The molecule has 2 heterocycles. The highest BCUT2D eigenvalue weighted by molar-refractivity contribution is 7.99. The van der Waals surface area contributed by atoms with Crippen molar-refractivity contribution in [1.82, 2.24) is 15.3 Å². The van der Waals surface area contributed by atoms with Gasteiger partial charge in [-0.2, -0.15) is 0 Å². The summed E-state index contributed by atoms with van der Waals surface area (Å²) in [6.07, 6.45) is 3.17. The van der Waals surface area contributed by atoms with Crippen molar-refractivity contribution in [3.63, 3.8) is 0 Å². The molecule has 0 fully saturated rings. The van der Waals surface area contributed by atoms with Crippen molar-refractivity contribution < 1.29 is 4.79 Å². The molecule has 1 aromatic carbocycles. The molecule has 1 unspecified atom stereocenters. The highest BCUT2D eigenvalue weighted by atomic mass is 32.2. The van der Waals surface area contributed by atoms with Gasteiger partial charge in [0.25, 0.3) is 0 Å². The van der Waals surface area contributed by atoms with Gasteiger partial charge in [0.15, 0.2) is 5.16 Å². The monoisotopic (exact) mass is 398 g/mol. The van der Waals surface area contributed by atoms with Gasteiger partial charge in [0, 0.05) is 4.88 Å². The quantitative estimate of drug-likeness (QED) is 0.509. The van der Waals surface area contributed by atoms with E-state index in [-0.39, 0.29) is 17.7 Å². The molecule has 0 bridgehead atoms. The maximum atomic E-state index is 12.5. The van der Waals surface area contributed by atoms with Crippen LogP contribution < -0.4 is 11.1 Å². The van der Waals surface area contributed by atoms with Crippen molar-refractivity contribution in [3.8, 4) is 0 Å². The number of nitrogens with one attached hydrogen (secondary N) is 1. The number of aryl methyl sites for hydroxylation is 3.